The van der Waals surface area contributed by atoms with E-state index >= 15 is 0 Å². The zero-order chi connectivity index (χ0) is 23.4. The van der Waals surface area contributed by atoms with Gasteiger partial charge in [-0.05, 0) is 67.8 Å². The van der Waals surface area contributed by atoms with Crippen molar-refractivity contribution in [2.45, 2.75) is 20.8 Å². The molecule has 0 atom stereocenters. The molecule has 32 heavy (non-hydrogen) atoms. The van der Waals surface area contributed by atoms with Gasteiger partial charge in [0.05, 0.1) is 18.3 Å². The van der Waals surface area contributed by atoms with Gasteiger partial charge in [0.1, 0.15) is 12.2 Å². The van der Waals surface area contributed by atoms with E-state index in [0.29, 0.717) is 11.3 Å². The number of nitrogens with zero attached hydrogens (tertiary/aromatic N) is 1. The molecule has 9 nitrogen and oxygen atoms in total. The number of barbiturate groups is 1. The highest BCUT2D eigenvalue weighted by atomic mass is 16.5. The second-order valence-electron chi connectivity index (χ2n) is 7.10. The van der Waals surface area contributed by atoms with Crippen molar-refractivity contribution >= 4 is 35.6 Å². The van der Waals surface area contributed by atoms with E-state index in [1.165, 1.54) is 24.3 Å². The summed E-state index contributed by atoms with van der Waals surface area (Å²) in [4.78, 5) is 49.5. The maximum Gasteiger partial charge on any atom is 0.335 e. The number of benzene rings is 2. The first kappa shape index (κ1) is 22.5. The standard InChI is InChI=1S/C23H22N2O7/c1-4-31-19-11-15(5-6-18(19)32-12-20(26)27)10-17-21(28)24-23(30)25(22(17)29)16-8-13(2)7-14(3)9-16/h5-11H,4,12H2,1-3H3,(H,26,27)(H,24,28,30)/p-1/b17-10+. The Morgan fingerprint density at radius 1 is 1.03 bits per heavy atom. The lowest BCUT2D eigenvalue weighted by Crippen LogP contribution is -2.54. The molecular formula is C23H21N2O7-. The first-order valence-electron chi connectivity index (χ1n) is 9.79. The van der Waals surface area contributed by atoms with Crippen molar-refractivity contribution in [3.05, 3.63) is 58.7 Å². The Labute approximate surface area is 184 Å². The first-order valence-corrected chi connectivity index (χ1v) is 9.79. The predicted molar refractivity (Wildman–Crippen MR) is 113 cm³/mol. The van der Waals surface area contributed by atoms with Crippen molar-refractivity contribution in [2.24, 2.45) is 0 Å². The van der Waals surface area contributed by atoms with Gasteiger partial charge in [0.15, 0.2) is 11.5 Å². The lowest BCUT2D eigenvalue weighted by atomic mass is 10.0. The molecule has 4 amide bonds. The number of hydrogen-bond donors (Lipinski definition) is 1. The minimum Gasteiger partial charge on any atom is -0.546 e. The number of urea groups is 1. The molecule has 1 heterocycles. The van der Waals surface area contributed by atoms with Crippen LogP contribution in [0.4, 0.5) is 10.5 Å². The van der Waals surface area contributed by atoms with E-state index in [-0.39, 0.29) is 23.7 Å². The zero-order valence-corrected chi connectivity index (χ0v) is 17.8. The summed E-state index contributed by atoms with van der Waals surface area (Å²) in [5, 5.41) is 12.8. The first-order chi connectivity index (χ1) is 15.2. The number of carbonyl (C=O) groups is 4. The van der Waals surface area contributed by atoms with Crippen molar-refractivity contribution < 1.29 is 33.8 Å². The van der Waals surface area contributed by atoms with Gasteiger partial charge in [-0.15, -0.1) is 0 Å². The number of imide groups is 2. The van der Waals surface area contributed by atoms with Crippen LogP contribution < -0.4 is 24.8 Å². The molecule has 1 fully saturated rings. The number of carboxylic acid groups (broad SMARTS) is 1. The molecule has 0 aromatic heterocycles. The van der Waals surface area contributed by atoms with Gasteiger partial charge in [-0.3, -0.25) is 14.9 Å². The van der Waals surface area contributed by atoms with Crippen LogP contribution in [0.1, 0.15) is 23.6 Å². The molecule has 1 aliphatic rings. The second-order valence-corrected chi connectivity index (χ2v) is 7.10. The van der Waals surface area contributed by atoms with E-state index < -0.39 is 30.4 Å². The molecule has 0 bridgehead atoms. The SMILES string of the molecule is CCOc1cc(/C=C2\C(=O)NC(=O)N(c3cc(C)cc(C)c3)C2=O)ccc1OCC(=O)[O-]. The summed E-state index contributed by atoms with van der Waals surface area (Å²) in [6, 6.07) is 8.90. The second kappa shape index (κ2) is 9.34. The molecule has 0 radical (unpaired) electrons. The fourth-order valence-corrected chi connectivity index (χ4v) is 3.28. The lowest BCUT2D eigenvalue weighted by Gasteiger charge is -2.27. The topological polar surface area (TPSA) is 125 Å². The van der Waals surface area contributed by atoms with Gasteiger partial charge in [-0.25, -0.2) is 9.69 Å². The van der Waals surface area contributed by atoms with Gasteiger partial charge >= 0.3 is 6.03 Å². The van der Waals surface area contributed by atoms with E-state index in [9.17, 15) is 24.3 Å². The number of amides is 4. The van der Waals surface area contributed by atoms with Crippen LogP contribution in [0.2, 0.25) is 0 Å². The number of ether oxygens (including phenoxy) is 2. The summed E-state index contributed by atoms with van der Waals surface area (Å²) in [5.41, 5.74) is 2.24. The predicted octanol–water partition coefficient (Wildman–Crippen LogP) is 1.50. The van der Waals surface area contributed by atoms with E-state index in [1.54, 1.807) is 19.1 Å². The van der Waals surface area contributed by atoms with E-state index in [4.69, 9.17) is 9.47 Å². The largest absolute Gasteiger partial charge is 0.546 e. The molecule has 0 saturated carbocycles. The highest BCUT2D eigenvalue weighted by molar-refractivity contribution is 6.39. The minimum absolute atomic E-state index is 0.171. The number of aliphatic carboxylic acids is 1. The third-order valence-corrected chi connectivity index (χ3v) is 4.49. The number of nitrogens with one attached hydrogen (secondary N) is 1. The molecule has 166 valence electrons. The van der Waals surface area contributed by atoms with E-state index in [2.05, 4.69) is 5.32 Å². The summed E-state index contributed by atoms with van der Waals surface area (Å²) in [5.74, 6) is -2.58. The van der Waals surface area contributed by atoms with Gasteiger partial charge in [-0.1, -0.05) is 12.1 Å². The number of carbonyl (C=O) groups excluding carboxylic acids is 4. The summed E-state index contributed by atoms with van der Waals surface area (Å²) in [6.45, 7) is 5.03. The zero-order valence-electron chi connectivity index (χ0n) is 17.8. The van der Waals surface area contributed by atoms with Crippen LogP contribution in [0.5, 0.6) is 11.5 Å². The summed E-state index contributed by atoms with van der Waals surface area (Å²) in [6.07, 6.45) is 1.32. The van der Waals surface area contributed by atoms with Crippen molar-refractivity contribution in [1.82, 2.24) is 5.32 Å². The van der Waals surface area contributed by atoms with Crippen LogP contribution in [-0.4, -0.2) is 37.0 Å². The van der Waals surface area contributed by atoms with E-state index in [0.717, 1.165) is 16.0 Å². The molecule has 0 aliphatic carbocycles. The Bertz CT molecular complexity index is 1120. The Balaban J connectivity index is 1.98. The minimum atomic E-state index is -1.39. The molecule has 0 spiro atoms. The quantitative estimate of drug-likeness (QED) is 0.514. The monoisotopic (exact) mass is 437 g/mol. The lowest BCUT2D eigenvalue weighted by molar-refractivity contribution is -0.307. The molecule has 2 aromatic rings. The maximum absolute atomic E-state index is 13.1. The highest BCUT2D eigenvalue weighted by Crippen LogP contribution is 2.30. The van der Waals surface area contributed by atoms with Crippen LogP contribution >= 0.6 is 0 Å². The average Bonchev–Trinajstić information content (AvgIpc) is 2.69. The van der Waals surface area contributed by atoms with Crippen molar-refractivity contribution in [3.8, 4) is 11.5 Å². The van der Waals surface area contributed by atoms with Crippen LogP contribution in [0.15, 0.2) is 42.0 Å². The molecule has 9 heteroatoms. The molecule has 3 rings (SSSR count). The van der Waals surface area contributed by atoms with Gasteiger partial charge in [0, 0.05) is 0 Å². The summed E-state index contributed by atoms with van der Waals surface area (Å²) >= 11 is 0. The Hall–Kier alpha value is -4.14. The van der Waals surface area contributed by atoms with Crippen LogP contribution in [0.3, 0.4) is 0 Å². The third-order valence-electron chi connectivity index (χ3n) is 4.49. The van der Waals surface area contributed by atoms with Crippen molar-refractivity contribution in [2.75, 3.05) is 18.1 Å². The molecular weight excluding hydrogens is 416 g/mol. The van der Waals surface area contributed by atoms with Crippen LogP contribution in [-0.2, 0) is 14.4 Å². The third kappa shape index (κ3) is 4.94. The van der Waals surface area contributed by atoms with Crippen molar-refractivity contribution in [1.29, 1.82) is 0 Å². The Kier molecular flexibility index (Phi) is 6.58. The number of hydrogen-bond acceptors (Lipinski definition) is 7. The summed E-state index contributed by atoms with van der Waals surface area (Å²) < 4.78 is 10.6. The number of anilines is 1. The fraction of sp³-hybridized carbons (Fsp3) is 0.217. The maximum atomic E-state index is 13.1. The molecule has 2 aromatic carbocycles. The van der Waals surface area contributed by atoms with Crippen LogP contribution in [0.25, 0.3) is 6.08 Å². The molecule has 0 unspecified atom stereocenters. The number of carboxylic acids is 1. The number of rotatable bonds is 7. The van der Waals surface area contributed by atoms with Crippen molar-refractivity contribution in [3.63, 3.8) is 0 Å². The molecule has 1 aliphatic heterocycles. The van der Waals surface area contributed by atoms with Gasteiger partial charge < -0.3 is 19.4 Å². The van der Waals surface area contributed by atoms with Gasteiger partial charge in [0.25, 0.3) is 11.8 Å². The Morgan fingerprint density at radius 3 is 2.34 bits per heavy atom. The molecule has 1 saturated heterocycles. The Morgan fingerprint density at radius 2 is 1.72 bits per heavy atom. The van der Waals surface area contributed by atoms with E-state index in [1.807, 2.05) is 19.9 Å². The summed E-state index contributed by atoms with van der Waals surface area (Å²) in [7, 11) is 0. The smallest absolute Gasteiger partial charge is 0.335 e. The fourth-order valence-electron chi connectivity index (χ4n) is 3.28. The van der Waals surface area contributed by atoms with Gasteiger partial charge in [-0.2, -0.15) is 0 Å². The highest BCUT2D eigenvalue weighted by Gasteiger charge is 2.37. The normalized spacial score (nSPS) is 15.0. The number of aryl methyl sites for hydroxylation is 2. The molecule has 1 N–H and O–H groups in total. The van der Waals surface area contributed by atoms with Gasteiger partial charge in [0.2, 0.25) is 0 Å². The average molecular weight is 437 g/mol. The van der Waals surface area contributed by atoms with Crippen LogP contribution in [0, 0.1) is 13.8 Å².